The number of hydrogen-bond acceptors (Lipinski definition) is 5. The van der Waals surface area contributed by atoms with Crippen molar-refractivity contribution in [3.63, 3.8) is 0 Å². The van der Waals surface area contributed by atoms with Crippen LogP contribution in [0, 0.1) is 5.82 Å². The average molecular weight is 622 g/mol. The Morgan fingerprint density at radius 1 is 0.929 bits per heavy atom. The highest BCUT2D eigenvalue weighted by Gasteiger charge is 2.34. The van der Waals surface area contributed by atoms with Crippen LogP contribution in [0.2, 0.25) is 5.02 Å². The number of anilines is 1. The largest absolute Gasteiger partial charge is 0.573 e. The molecule has 7 nitrogen and oxygen atoms in total. The summed E-state index contributed by atoms with van der Waals surface area (Å²) in [5, 5.41) is 1.04. The van der Waals surface area contributed by atoms with E-state index in [4.69, 9.17) is 11.6 Å². The first-order chi connectivity index (χ1) is 19.9. The Balaban J connectivity index is 1.33. The molecule has 4 aromatic carbocycles. The summed E-state index contributed by atoms with van der Waals surface area (Å²) in [4.78, 5) is 16.6. The van der Waals surface area contributed by atoms with E-state index in [1.807, 2.05) is 4.90 Å². The Hall–Kier alpha value is -3.87. The van der Waals surface area contributed by atoms with Crippen LogP contribution in [0.15, 0.2) is 83.8 Å². The third kappa shape index (κ3) is 6.77. The number of piperazine rings is 1. The minimum absolute atomic E-state index is 0.0235. The van der Waals surface area contributed by atoms with E-state index in [-0.39, 0.29) is 28.6 Å². The first-order valence-electron chi connectivity index (χ1n) is 12.8. The number of halogens is 5. The van der Waals surface area contributed by atoms with E-state index < -0.39 is 39.5 Å². The molecular formula is C29H24ClF4N3O4S. The number of nitrogens with one attached hydrogen (secondary N) is 1. The number of rotatable bonds is 7. The predicted molar refractivity (Wildman–Crippen MR) is 150 cm³/mol. The molecule has 1 N–H and O–H groups in total. The molecule has 0 unspecified atom stereocenters. The summed E-state index contributed by atoms with van der Waals surface area (Å²) in [7, 11) is -4.34. The standard InChI is InChI=1S/C29H24ClF4N3O4S/c30-23-10-8-19(16-24(23)31)18-36-12-14-37(15-13-36)28(38)21-9-11-25(26(17-21)41-29(32,33)34)35-42(39,40)27-7-3-5-20-4-1-2-6-22(20)27/h1-11,16-17,35H,12-15,18H2. The van der Waals surface area contributed by atoms with Gasteiger partial charge in [0.15, 0.2) is 5.75 Å². The zero-order valence-electron chi connectivity index (χ0n) is 21.9. The molecule has 13 heteroatoms. The topological polar surface area (TPSA) is 78.9 Å². The van der Waals surface area contributed by atoms with E-state index in [1.54, 1.807) is 36.4 Å². The number of benzene rings is 4. The zero-order valence-corrected chi connectivity index (χ0v) is 23.4. The number of alkyl halides is 3. The van der Waals surface area contributed by atoms with E-state index in [1.165, 1.54) is 35.2 Å². The minimum Gasteiger partial charge on any atom is -0.404 e. The van der Waals surface area contributed by atoms with Crippen molar-refractivity contribution in [2.75, 3.05) is 30.9 Å². The van der Waals surface area contributed by atoms with Crippen LogP contribution in [0.25, 0.3) is 10.8 Å². The van der Waals surface area contributed by atoms with Crippen molar-refractivity contribution in [2.45, 2.75) is 17.8 Å². The van der Waals surface area contributed by atoms with Crippen molar-refractivity contribution in [1.82, 2.24) is 9.80 Å². The lowest BCUT2D eigenvalue weighted by Crippen LogP contribution is -2.48. The number of nitrogens with zero attached hydrogens (tertiary/aromatic N) is 2. The lowest BCUT2D eigenvalue weighted by atomic mass is 10.1. The van der Waals surface area contributed by atoms with E-state index in [0.717, 1.165) is 12.1 Å². The number of carbonyl (C=O) groups is 1. The number of carbonyl (C=O) groups excluding carboxylic acids is 1. The molecule has 1 saturated heterocycles. The fourth-order valence-electron chi connectivity index (χ4n) is 4.77. The lowest BCUT2D eigenvalue weighted by Gasteiger charge is -2.35. The fourth-order valence-corrected chi connectivity index (χ4v) is 6.19. The molecule has 4 aromatic rings. The molecule has 0 aromatic heterocycles. The summed E-state index contributed by atoms with van der Waals surface area (Å²) in [6.45, 7) is 1.89. The molecule has 220 valence electrons. The molecule has 0 atom stereocenters. The lowest BCUT2D eigenvalue weighted by molar-refractivity contribution is -0.274. The van der Waals surface area contributed by atoms with E-state index in [9.17, 15) is 30.8 Å². The summed E-state index contributed by atoms with van der Waals surface area (Å²) < 4.78 is 86.5. The van der Waals surface area contributed by atoms with Gasteiger partial charge in [0.05, 0.1) is 15.6 Å². The van der Waals surface area contributed by atoms with E-state index in [0.29, 0.717) is 36.0 Å². The molecule has 0 aliphatic carbocycles. The summed E-state index contributed by atoms with van der Waals surface area (Å²) in [6.07, 6.45) is -5.14. The van der Waals surface area contributed by atoms with Gasteiger partial charge in [0.25, 0.3) is 15.9 Å². The van der Waals surface area contributed by atoms with Gasteiger partial charge in [0.2, 0.25) is 0 Å². The van der Waals surface area contributed by atoms with E-state index in [2.05, 4.69) is 9.46 Å². The summed E-state index contributed by atoms with van der Waals surface area (Å²) in [5.74, 6) is -1.93. The quantitative estimate of drug-likeness (QED) is 0.246. The monoisotopic (exact) mass is 621 g/mol. The van der Waals surface area contributed by atoms with Crippen molar-refractivity contribution in [3.05, 3.63) is 101 Å². The Morgan fingerprint density at radius 2 is 1.64 bits per heavy atom. The van der Waals surface area contributed by atoms with Crippen molar-refractivity contribution >= 4 is 44.0 Å². The third-order valence-corrected chi connectivity index (χ3v) is 8.52. The molecule has 1 aliphatic rings. The Kier molecular flexibility index (Phi) is 8.31. The van der Waals surface area contributed by atoms with Crippen molar-refractivity contribution in [3.8, 4) is 5.75 Å². The second kappa shape index (κ2) is 11.8. The summed E-state index contributed by atoms with van der Waals surface area (Å²) >= 11 is 5.73. The van der Waals surface area contributed by atoms with Gasteiger partial charge in [-0.1, -0.05) is 54.1 Å². The number of ether oxygens (including phenoxy) is 1. The zero-order chi connectivity index (χ0) is 30.1. The normalized spacial score (nSPS) is 14.6. The first-order valence-corrected chi connectivity index (χ1v) is 14.6. The van der Waals surface area contributed by atoms with Gasteiger partial charge >= 0.3 is 6.36 Å². The van der Waals surface area contributed by atoms with Crippen LogP contribution in [-0.2, 0) is 16.6 Å². The van der Waals surface area contributed by atoms with Gasteiger partial charge in [-0.3, -0.25) is 14.4 Å². The molecule has 42 heavy (non-hydrogen) atoms. The van der Waals surface area contributed by atoms with Crippen LogP contribution in [0.1, 0.15) is 15.9 Å². The average Bonchev–Trinajstić information content (AvgIpc) is 2.95. The second-order valence-corrected chi connectivity index (χ2v) is 11.7. The molecule has 5 rings (SSSR count). The maximum Gasteiger partial charge on any atom is 0.573 e. The van der Waals surface area contributed by atoms with Crippen molar-refractivity contribution in [1.29, 1.82) is 0 Å². The predicted octanol–water partition coefficient (Wildman–Crippen LogP) is 6.29. The van der Waals surface area contributed by atoms with Gasteiger partial charge in [-0.2, -0.15) is 0 Å². The molecule has 1 amide bonds. The van der Waals surface area contributed by atoms with Crippen LogP contribution in [0.3, 0.4) is 0 Å². The van der Waals surface area contributed by atoms with Crippen LogP contribution >= 0.6 is 11.6 Å². The molecule has 0 saturated carbocycles. The fraction of sp³-hybridized carbons (Fsp3) is 0.207. The molecular weight excluding hydrogens is 598 g/mol. The highest BCUT2D eigenvalue weighted by atomic mass is 35.5. The maximum absolute atomic E-state index is 13.8. The molecule has 0 radical (unpaired) electrons. The Morgan fingerprint density at radius 3 is 2.36 bits per heavy atom. The minimum atomic E-state index is -5.14. The SMILES string of the molecule is O=C(c1ccc(NS(=O)(=O)c2cccc3ccccc23)c(OC(F)(F)F)c1)N1CCN(Cc2ccc(Cl)c(F)c2)CC1. The summed E-state index contributed by atoms with van der Waals surface area (Å²) in [5.41, 5.74) is 0.138. The van der Waals surface area contributed by atoms with E-state index >= 15 is 0 Å². The van der Waals surface area contributed by atoms with Crippen molar-refractivity contribution < 1.29 is 35.5 Å². The molecule has 1 aliphatic heterocycles. The van der Waals surface area contributed by atoms with Gasteiger partial charge in [-0.05, 0) is 47.3 Å². The van der Waals surface area contributed by atoms with Crippen molar-refractivity contribution in [2.24, 2.45) is 0 Å². The van der Waals surface area contributed by atoms with Gasteiger partial charge < -0.3 is 9.64 Å². The Labute approximate surface area is 244 Å². The highest BCUT2D eigenvalue weighted by molar-refractivity contribution is 7.93. The smallest absolute Gasteiger partial charge is 0.404 e. The second-order valence-electron chi connectivity index (χ2n) is 9.66. The molecule has 0 bridgehead atoms. The van der Waals surface area contributed by atoms with Gasteiger partial charge in [-0.15, -0.1) is 13.2 Å². The maximum atomic E-state index is 13.8. The van der Waals surface area contributed by atoms with Gasteiger partial charge in [0, 0.05) is 43.7 Å². The van der Waals surface area contributed by atoms with Crippen LogP contribution in [0.4, 0.5) is 23.2 Å². The molecule has 1 heterocycles. The third-order valence-electron chi connectivity index (χ3n) is 6.79. The van der Waals surface area contributed by atoms with Crippen LogP contribution < -0.4 is 9.46 Å². The highest BCUT2D eigenvalue weighted by Crippen LogP contribution is 2.34. The van der Waals surface area contributed by atoms with Crippen LogP contribution in [-0.4, -0.2) is 56.7 Å². The number of hydrogen-bond donors (Lipinski definition) is 1. The number of amides is 1. The van der Waals surface area contributed by atoms with Gasteiger partial charge in [0.1, 0.15) is 5.82 Å². The molecule has 0 spiro atoms. The summed E-state index contributed by atoms with van der Waals surface area (Å²) in [6, 6.07) is 19.0. The van der Waals surface area contributed by atoms with Gasteiger partial charge in [-0.25, -0.2) is 12.8 Å². The molecule has 1 fully saturated rings. The Bertz CT molecular complexity index is 1740. The number of fused-ring (bicyclic) bond motifs is 1. The number of sulfonamides is 1. The first kappa shape index (κ1) is 29.6. The van der Waals surface area contributed by atoms with Crippen LogP contribution in [0.5, 0.6) is 5.75 Å².